The Labute approximate surface area is 127 Å². The molecule has 0 aromatic rings. The summed E-state index contributed by atoms with van der Waals surface area (Å²) in [6, 6.07) is 0.333. The summed E-state index contributed by atoms with van der Waals surface area (Å²) in [6.07, 6.45) is 10.8. The van der Waals surface area contributed by atoms with E-state index in [0.29, 0.717) is 5.92 Å². The van der Waals surface area contributed by atoms with E-state index < -0.39 is 11.8 Å². The third-order valence-corrected chi connectivity index (χ3v) is 5.94. The molecule has 3 aliphatic carbocycles. The summed E-state index contributed by atoms with van der Waals surface area (Å²) in [5, 5.41) is 5.84. The molecule has 0 radical (unpaired) electrons. The molecule has 4 unspecified atom stereocenters. The largest absolute Gasteiger partial charge is 0.345 e. The van der Waals surface area contributed by atoms with E-state index in [9.17, 15) is 9.59 Å². The standard InChI is InChI=1S/C17H28N2O2/c1-11(15-10-12-7-8-13(15)9-12)18-16(20)17(21)19-14-5-3-2-4-6-14/h11-15H,2-10H2,1H3,(H,18,20)(H,19,21). The smallest absolute Gasteiger partial charge is 0.309 e. The molecular weight excluding hydrogens is 264 g/mol. The second-order valence-electron chi connectivity index (χ2n) is 7.41. The third-order valence-electron chi connectivity index (χ3n) is 5.94. The second kappa shape index (κ2) is 6.37. The molecule has 2 N–H and O–H groups in total. The maximum Gasteiger partial charge on any atom is 0.309 e. The Morgan fingerprint density at radius 3 is 2.33 bits per heavy atom. The highest BCUT2D eigenvalue weighted by Gasteiger charge is 2.42. The molecule has 4 atom stereocenters. The van der Waals surface area contributed by atoms with Gasteiger partial charge in [-0.15, -0.1) is 0 Å². The molecule has 4 heteroatoms. The van der Waals surface area contributed by atoms with Crippen molar-refractivity contribution in [2.24, 2.45) is 17.8 Å². The van der Waals surface area contributed by atoms with Gasteiger partial charge >= 0.3 is 11.8 Å². The monoisotopic (exact) mass is 292 g/mol. The predicted octanol–water partition coefficient (Wildman–Crippen LogP) is 2.38. The van der Waals surface area contributed by atoms with Gasteiger partial charge in [-0.25, -0.2) is 0 Å². The van der Waals surface area contributed by atoms with Crippen molar-refractivity contribution in [3.8, 4) is 0 Å². The normalized spacial score (nSPS) is 33.7. The van der Waals surface area contributed by atoms with E-state index in [1.165, 1.54) is 32.1 Å². The van der Waals surface area contributed by atoms with E-state index in [4.69, 9.17) is 0 Å². The Morgan fingerprint density at radius 1 is 0.952 bits per heavy atom. The SMILES string of the molecule is CC(NC(=O)C(=O)NC1CCCCC1)C1CC2CCC1C2. The first kappa shape index (κ1) is 14.9. The fourth-order valence-electron chi connectivity index (χ4n) is 4.78. The lowest BCUT2D eigenvalue weighted by atomic mass is 9.84. The van der Waals surface area contributed by atoms with Crippen LogP contribution in [0, 0.1) is 17.8 Å². The van der Waals surface area contributed by atoms with Crippen LogP contribution < -0.4 is 10.6 Å². The fraction of sp³-hybridized carbons (Fsp3) is 0.882. The Hall–Kier alpha value is -1.06. The first-order valence-electron chi connectivity index (χ1n) is 8.75. The molecule has 2 bridgehead atoms. The van der Waals surface area contributed by atoms with Gasteiger partial charge in [0.1, 0.15) is 0 Å². The van der Waals surface area contributed by atoms with Crippen LogP contribution in [0.25, 0.3) is 0 Å². The zero-order chi connectivity index (χ0) is 14.8. The number of hydrogen-bond donors (Lipinski definition) is 2. The molecule has 2 amide bonds. The van der Waals surface area contributed by atoms with E-state index in [0.717, 1.165) is 37.5 Å². The summed E-state index contributed by atoms with van der Waals surface area (Å²) in [5.41, 5.74) is 0. The van der Waals surface area contributed by atoms with Crippen LogP contribution in [0.3, 0.4) is 0 Å². The number of amides is 2. The number of hydrogen-bond acceptors (Lipinski definition) is 2. The van der Waals surface area contributed by atoms with Crippen LogP contribution >= 0.6 is 0 Å². The van der Waals surface area contributed by atoms with E-state index in [1.807, 2.05) is 0 Å². The molecule has 4 nitrogen and oxygen atoms in total. The van der Waals surface area contributed by atoms with Gasteiger partial charge in [0.05, 0.1) is 0 Å². The van der Waals surface area contributed by atoms with Crippen molar-refractivity contribution < 1.29 is 9.59 Å². The minimum Gasteiger partial charge on any atom is -0.345 e. The number of nitrogens with one attached hydrogen (secondary N) is 2. The van der Waals surface area contributed by atoms with Crippen molar-refractivity contribution >= 4 is 11.8 Å². The van der Waals surface area contributed by atoms with Crippen molar-refractivity contribution in [2.45, 2.75) is 76.8 Å². The van der Waals surface area contributed by atoms with Crippen molar-refractivity contribution in [3.63, 3.8) is 0 Å². The first-order valence-corrected chi connectivity index (χ1v) is 8.75. The minimum absolute atomic E-state index is 0.130. The van der Waals surface area contributed by atoms with Gasteiger partial charge in [0, 0.05) is 12.1 Å². The molecular formula is C17H28N2O2. The van der Waals surface area contributed by atoms with Crippen LogP contribution in [-0.2, 0) is 9.59 Å². The highest BCUT2D eigenvalue weighted by molar-refractivity contribution is 6.35. The van der Waals surface area contributed by atoms with Gasteiger partial charge in [-0.05, 0) is 56.8 Å². The Kier molecular flexibility index (Phi) is 4.51. The summed E-state index contributed by atoms with van der Waals surface area (Å²) in [4.78, 5) is 24.1. The third kappa shape index (κ3) is 3.41. The number of rotatable bonds is 3. The molecule has 0 spiro atoms. The van der Waals surface area contributed by atoms with Gasteiger partial charge in [0.15, 0.2) is 0 Å². The quantitative estimate of drug-likeness (QED) is 0.785. The average molecular weight is 292 g/mol. The summed E-state index contributed by atoms with van der Waals surface area (Å²) in [6.45, 7) is 2.07. The Balaban J connectivity index is 1.45. The average Bonchev–Trinajstić information content (AvgIpc) is 3.11. The molecule has 0 aromatic carbocycles. The molecule has 3 rings (SSSR count). The summed E-state index contributed by atoms with van der Waals surface area (Å²) < 4.78 is 0. The summed E-state index contributed by atoms with van der Waals surface area (Å²) in [7, 11) is 0. The summed E-state index contributed by atoms with van der Waals surface area (Å²) in [5.74, 6) is 1.35. The van der Waals surface area contributed by atoms with Gasteiger partial charge in [-0.2, -0.15) is 0 Å². The van der Waals surface area contributed by atoms with Crippen LogP contribution in [0.2, 0.25) is 0 Å². The fourth-order valence-corrected chi connectivity index (χ4v) is 4.78. The Bertz CT molecular complexity index is 404. The van der Waals surface area contributed by atoms with E-state index in [-0.39, 0.29) is 12.1 Å². The van der Waals surface area contributed by atoms with Crippen LogP contribution in [-0.4, -0.2) is 23.9 Å². The highest BCUT2D eigenvalue weighted by atomic mass is 16.2. The van der Waals surface area contributed by atoms with Crippen LogP contribution in [0.5, 0.6) is 0 Å². The van der Waals surface area contributed by atoms with Crippen LogP contribution in [0.4, 0.5) is 0 Å². The lowest BCUT2D eigenvalue weighted by Crippen LogP contribution is -2.49. The first-order chi connectivity index (χ1) is 10.1. The zero-order valence-corrected chi connectivity index (χ0v) is 13.1. The zero-order valence-electron chi connectivity index (χ0n) is 13.1. The lowest BCUT2D eigenvalue weighted by Gasteiger charge is -2.28. The van der Waals surface area contributed by atoms with Gasteiger partial charge in [0.2, 0.25) is 0 Å². The maximum absolute atomic E-state index is 12.1. The topological polar surface area (TPSA) is 58.2 Å². The number of fused-ring (bicyclic) bond motifs is 2. The van der Waals surface area contributed by atoms with Crippen LogP contribution in [0.15, 0.2) is 0 Å². The van der Waals surface area contributed by atoms with Crippen molar-refractivity contribution in [1.82, 2.24) is 10.6 Å². The summed E-state index contributed by atoms with van der Waals surface area (Å²) >= 11 is 0. The van der Waals surface area contributed by atoms with E-state index in [1.54, 1.807) is 0 Å². The van der Waals surface area contributed by atoms with E-state index in [2.05, 4.69) is 17.6 Å². The van der Waals surface area contributed by atoms with Crippen molar-refractivity contribution in [1.29, 1.82) is 0 Å². The van der Waals surface area contributed by atoms with Gasteiger partial charge < -0.3 is 10.6 Å². The number of carbonyl (C=O) groups is 2. The van der Waals surface area contributed by atoms with Crippen molar-refractivity contribution in [3.05, 3.63) is 0 Å². The molecule has 3 fully saturated rings. The molecule has 3 saturated carbocycles. The highest BCUT2D eigenvalue weighted by Crippen LogP contribution is 2.49. The van der Waals surface area contributed by atoms with Crippen molar-refractivity contribution in [2.75, 3.05) is 0 Å². The van der Waals surface area contributed by atoms with Gasteiger partial charge in [0.25, 0.3) is 0 Å². The molecule has 118 valence electrons. The molecule has 3 aliphatic rings. The minimum atomic E-state index is -0.434. The molecule has 0 saturated heterocycles. The maximum atomic E-state index is 12.1. The molecule has 21 heavy (non-hydrogen) atoms. The molecule has 0 heterocycles. The van der Waals surface area contributed by atoms with Crippen LogP contribution in [0.1, 0.15) is 64.7 Å². The number of carbonyl (C=O) groups excluding carboxylic acids is 2. The van der Waals surface area contributed by atoms with Gasteiger partial charge in [-0.1, -0.05) is 25.7 Å². The second-order valence-corrected chi connectivity index (χ2v) is 7.41. The lowest BCUT2D eigenvalue weighted by molar-refractivity contribution is -0.140. The Morgan fingerprint density at radius 2 is 1.71 bits per heavy atom. The van der Waals surface area contributed by atoms with Gasteiger partial charge in [-0.3, -0.25) is 9.59 Å². The van der Waals surface area contributed by atoms with E-state index >= 15 is 0 Å². The molecule has 0 aliphatic heterocycles. The predicted molar refractivity (Wildman–Crippen MR) is 81.6 cm³/mol. The molecule has 0 aromatic heterocycles.